The lowest BCUT2D eigenvalue weighted by atomic mass is 10.1. The van der Waals surface area contributed by atoms with Crippen LogP contribution in [0, 0.1) is 13.8 Å². The largest absolute Gasteiger partial charge is 0.358 e. The van der Waals surface area contributed by atoms with Crippen LogP contribution in [0.4, 0.5) is 11.4 Å². The summed E-state index contributed by atoms with van der Waals surface area (Å²) in [6.45, 7) is 5.59. The van der Waals surface area contributed by atoms with E-state index < -0.39 is 0 Å². The van der Waals surface area contributed by atoms with E-state index in [0.29, 0.717) is 18.1 Å². The smallest absolute Gasteiger partial charge is 0.227 e. The third-order valence-electron chi connectivity index (χ3n) is 4.42. The van der Waals surface area contributed by atoms with Gasteiger partial charge >= 0.3 is 0 Å². The summed E-state index contributed by atoms with van der Waals surface area (Å²) in [5.41, 5.74) is 5.49. The lowest BCUT2D eigenvalue weighted by molar-refractivity contribution is -0.117. The minimum absolute atomic E-state index is 0.213. The number of carbonyl (C=O) groups is 1. The fourth-order valence-electron chi connectivity index (χ4n) is 2.93. The zero-order valence-corrected chi connectivity index (χ0v) is 15.5. The van der Waals surface area contributed by atoms with Crippen molar-refractivity contribution >= 4 is 34.6 Å². The number of hydrogen-bond acceptors (Lipinski definition) is 2. The number of anilines is 2. The normalized spacial score (nSPS) is 13.8. The second kappa shape index (κ2) is 7.66. The molecule has 0 spiro atoms. The van der Waals surface area contributed by atoms with Gasteiger partial charge in [-0.15, -0.1) is 0 Å². The van der Waals surface area contributed by atoms with E-state index in [9.17, 15) is 4.79 Å². The number of amides is 1. The Morgan fingerprint density at radius 3 is 2.60 bits per heavy atom. The number of hydrogen-bond donors (Lipinski definition) is 2. The minimum Gasteiger partial charge on any atom is -0.358 e. The first-order valence-corrected chi connectivity index (χ1v) is 8.95. The number of benzene rings is 2. The number of carbonyl (C=O) groups excluding carboxylic acids is 1. The highest BCUT2D eigenvalue weighted by Gasteiger charge is 2.21. The fourth-order valence-corrected chi connectivity index (χ4v) is 3.12. The Hall–Kier alpha value is -2.40. The van der Waals surface area contributed by atoms with Crippen molar-refractivity contribution in [1.82, 2.24) is 5.32 Å². The Labute approximate surface area is 154 Å². The van der Waals surface area contributed by atoms with Crippen LogP contribution in [0.2, 0.25) is 0 Å². The molecule has 1 aliphatic rings. The predicted molar refractivity (Wildman–Crippen MR) is 107 cm³/mol. The maximum atomic E-state index is 11.8. The Morgan fingerprint density at radius 1 is 1.16 bits per heavy atom. The van der Waals surface area contributed by atoms with E-state index in [1.54, 1.807) is 0 Å². The van der Waals surface area contributed by atoms with Crippen molar-refractivity contribution in [3.8, 4) is 0 Å². The third kappa shape index (κ3) is 4.37. The average Bonchev–Trinajstić information content (AvgIpc) is 3.03. The second-order valence-corrected chi connectivity index (χ2v) is 6.85. The summed E-state index contributed by atoms with van der Waals surface area (Å²) >= 11 is 5.39. The van der Waals surface area contributed by atoms with Crippen molar-refractivity contribution in [3.63, 3.8) is 0 Å². The fraction of sp³-hybridized carbons (Fsp3) is 0.300. The molecule has 5 heteroatoms. The molecule has 0 unspecified atom stereocenters. The molecule has 0 radical (unpaired) electrons. The lowest BCUT2D eigenvalue weighted by Gasteiger charge is -2.16. The van der Waals surface area contributed by atoms with E-state index in [4.69, 9.17) is 12.2 Å². The van der Waals surface area contributed by atoms with Gasteiger partial charge in [0.2, 0.25) is 5.91 Å². The van der Waals surface area contributed by atoms with Gasteiger partial charge in [0.25, 0.3) is 0 Å². The monoisotopic (exact) mass is 353 g/mol. The molecule has 2 aromatic carbocycles. The molecule has 3 rings (SSSR count). The van der Waals surface area contributed by atoms with Gasteiger partial charge in [-0.3, -0.25) is 4.79 Å². The Bertz CT molecular complexity index is 786. The van der Waals surface area contributed by atoms with Gasteiger partial charge in [0.05, 0.1) is 0 Å². The Morgan fingerprint density at radius 2 is 1.92 bits per heavy atom. The van der Waals surface area contributed by atoms with Crippen LogP contribution in [0.25, 0.3) is 0 Å². The van der Waals surface area contributed by atoms with E-state index in [-0.39, 0.29) is 5.91 Å². The van der Waals surface area contributed by atoms with E-state index in [2.05, 4.69) is 42.7 Å². The summed E-state index contributed by atoms with van der Waals surface area (Å²) in [6, 6.07) is 14.3. The maximum Gasteiger partial charge on any atom is 0.227 e. The number of nitrogens with zero attached hydrogens (tertiary/aromatic N) is 1. The molecule has 1 heterocycles. The SMILES string of the molecule is Cc1ccc(C)c(NC(=S)NCc2ccc(N3CCCC3=O)cc2)c1. The molecule has 0 aliphatic carbocycles. The quantitative estimate of drug-likeness (QED) is 0.818. The van der Waals surface area contributed by atoms with Crippen LogP contribution < -0.4 is 15.5 Å². The molecular weight excluding hydrogens is 330 g/mol. The van der Waals surface area contributed by atoms with Gasteiger partial charge in [-0.05, 0) is 67.4 Å². The van der Waals surface area contributed by atoms with Crippen LogP contribution in [-0.2, 0) is 11.3 Å². The van der Waals surface area contributed by atoms with Crippen LogP contribution in [0.5, 0.6) is 0 Å². The zero-order chi connectivity index (χ0) is 17.8. The number of rotatable bonds is 4. The molecular formula is C20H23N3OS. The first kappa shape index (κ1) is 17.4. The molecule has 130 valence electrons. The van der Waals surface area contributed by atoms with Crippen molar-refractivity contribution in [2.24, 2.45) is 0 Å². The van der Waals surface area contributed by atoms with Gasteiger partial charge in [0.15, 0.2) is 5.11 Å². The van der Waals surface area contributed by atoms with Gasteiger partial charge < -0.3 is 15.5 Å². The summed E-state index contributed by atoms with van der Waals surface area (Å²) in [5.74, 6) is 0.213. The summed E-state index contributed by atoms with van der Waals surface area (Å²) in [4.78, 5) is 13.6. The van der Waals surface area contributed by atoms with Crippen molar-refractivity contribution in [2.75, 3.05) is 16.8 Å². The van der Waals surface area contributed by atoms with E-state index in [0.717, 1.165) is 35.5 Å². The molecule has 0 saturated carbocycles. The van der Waals surface area contributed by atoms with Crippen LogP contribution in [0.3, 0.4) is 0 Å². The molecule has 25 heavy (non-hydrogen) atoms. The number of aryl methyl sites for hydroxylation is 2. The molecule has 1 amide bonds. The molecule has 1 aliphatic heterocycles. The molecule has 1 saturated heterocycles. The number of nitrogens with one attached hydrogen (secondary N) is 2. The van der Waals surface area contributed by atoms with E-state index in [1.165, 1.54) is 5.56 Å². The van der Waals surface area contributed by atoms with Crippen molar-refractivity contribution in [2.45, 2.75) is 33.2 Å². The van der Waals surface area contributed by atoms with Crippen LogP contribution in [-0.4, -0.2) is 17.6 Å². The molecule has 2 aromatic rings. The summed E-state index contributed by atoms with van der Waals surface area (Å²) in [6.07, 6.45) is 1.60. The highest BCUT2D eigenvalue weighted by molar-refractivity contribution is 7.80. The molecule has 0 bridgehead atoms. The van der Waals surface area contributed by atoms with Crippen molar-refractivity contribution in [3.05, 3.63) is 59.2 Å². The molecule has 0 aromatic heterocycles. The van der Waals surface area contributed by atoms with E-state index >= 15 is 0 Å². The lowest BCUT2D eigenvalue weighted by Crippen LogP contribution is -2.28. The summed E-state index contributed by atoms with van der Waals surface area (Å²) in [7, 11) is 0. The average molecular weight is 353 g/mol. The standard InChI is InChI=1S/C20H23N3OS/c1-14-5-6-15(2)18(12-14)22-20(25)21-13-16-7-9-17(10-8-16)23-11-3-4-19(23)24/h5-10,12H,3-4,11,13H2,1-2H3,(H2,21,22,25). The molecule has 0 atom stereocenters. The first-order valence-electron chi connectivity index (χ1n) is 8.54. The first-order chi connectivity index (χ1) is 12.0. The van der Waals surface area contributed by atoms with Gasteiger partial charge in [-0.25, -0.2) is 0 Å². The third-order valence-corrected chi connectivity index (χ3v) is 4.66. The van der Waals surface area contributed by atoms with Crippen LogP contribution in [0.1, 0.15) is 29.5 Å². The molecule has 4 nitrogen and oxygen atoms in total. The number of thiocarbonyl (C=S) groups is 1. The second-order valence-electron chi connectivity index (χ2n) is 6.44. The topological polar surface area (TPSA) is 44.4 Å². The maximum absolute atomic E-state index is 11.8. The molecule has 2 N–H and O–H groups in total. The van der Waals surface area contributed by atoms with Crippen molar-refractivity contribution < 1.29 is 4.79 Å². The molecule has 1 fully saturated rings. The highest BCUT2D eigenvalue weighted by Crippen LogP contribution is 2.21. The Balaban J connectivity index is 1.55. The zero-order valence-electron chi connectivity index (χ0n) is 14.6. The highest BCUT2D eigenvalue weighted by atomic mass is 32.1. The van der Waals surface area contributed by atoms with Crippen molar-refractivity contribution in [1.29, 1.82) is 0 Å². The van der Waals surface area contributed by atoms with Gasteiger partial charge in [-0.1, -0.05) is 24.3 Å². The predicted octanol–water partition coefficient (Wildman–Crippen LogP) is 3.92. The van der Waals surface area contributed by atoms with Gasteiger partial charge in [0.1, 0.15) is 0 Å². The summed E-state index contributed by atoms with van der Waals surface area (Å²) in [5, 5.41) is 7.09. The van der Waals surface area contributed by atoms with Crippen LogP contribution >= 0.6 is 12.2 Å². The van der Waals surface area contributed by atoms with Gasteiger partial charge in [0, 0.05) is 30.9 Å². The van der Waals surface area contributed by atoms with Gasteiger partial charge in [-0.2, -0.15) is 0 Å². The van der Waals surface area contributed by atoms with E-state index in [1.807, 2.05) is 29.2 Å². The summed E-state index contributed by atoms with van der Waals surface area (Å²) < 4.78 is 0. The Kier molecular flexibility index (Phi) is 5.34. The minimum atomic E-state index is 0.213. The van der Waals surface area contributed by atoms with Crippen LogP contribution in [0.15, 0.2) is 42.5 Å².